The van der Waals surface area contributed by atoms with E-state index in [1.807, 2.05) is 20.9 Å². The van der Waals surface area contributed by atoms with Crippen molar-refractivity contribution in [3.05, 3.63) is 5.82 Å². The van der Waals surface area contributed by atoms with Crippen molar-refractivity contribution in [1.29, 1.82) is 0 Å². The lowest BCUT2D eigenvalue weighted by molar-refractivity contribution is -0.120. The zero-order valence-electron chi connectivity index (χ0n) is 12.0. The predicted molar refractivity (Wildman–Crippen MR) is 77.1 cm³/mol. The number of amides is 2. The number of hydrogen-bond donors (Lipinski definition) is 2. The van der Waals surface area contributed by atoms with Crippen molar-refractivity contribution in [3.63, 3.8) is 0 Å². The van der Waals surface area contributed by atoms with E-state index in [0.717, 1.165) is 6.42 Å². The molecule has 0 aliphatic carbocycles. The molecule has 1 aromatic rings. The third-order valence-corrected chi connectivity index (χ3v) is 3.85. The van der Waals surface area contributed by atoms with Crippen LogP contribution in [0.1, 0.15) is 32.5 Å². The van der Waals surface area contributed by atoms with E-state index >= 15 is 0 Å². The summed E-state index contributed by atoms with van der Waals surface area (Å²) in [6.45, 7) is 4.51. The van der Waals surface area contributed by atoms with Crippen LogP contribution in [-0.2, 0) is 23.1 Å². The summed E-state index contributed by atoms with van der Waals surface area (Å²) in [7, 11) is 1.81. The van der Waals surface area contributed by atoms with Crippen LogP contribution < -0.4 is 11.1 Å². The molecule has 0 saturated heterocycles. The zero-order valence-corrected chi connectivity index (χ0v) is 12.9. The van der Waals surface area contributed by atoms with E-state index in [9.17, 15) is 9.59 Å². The number of primary amides is 1. The average Bonchev–Trinajstić information content (AvgIpc) is 2.74. The first-order chi connectivity index (χ1) is 9.45. The van der Waals surface area contributed by atoms with Crippen LogP contribution in [0.2, 0.25) is 0 Å². The maximum Gasteiger partial charge on any atom is 0.233 e. The molecular weight excluding hydrogens is 278 g/mol. The summed E-state index contributed by atoms with van der Waals surface area (Å²) in [4.78, 5) is 22.6. The van der Waals surface area contributed by atoms with Gasteiger partial charge in [0.15, 0.2) is 5.16 Å². The SMILES string of the molecule is CCCNC(=O)[C@@H](C)Sc1nnc(CCC(N)=O)n1C. The van der Waals surface area contributed by atoms with E-state index in [4.69, 9.17) is 5.73 Å². The number of aromatic nitrogens is 3. The maximum atomic E-state index is 11.8. The third kappa shape index (κ3) is 4.84. The average molecular weight is 299 g/mol. The Balaban J connectivity index is 2.59. The molecule has 1 atom stereocenters. The highest BCUT2D eigenvalue weighted by atomic mass is 32.2. The van der Waals surface area contributed by atoms with Gasteiger partial charge in [0, 0.05) is 26.4 Å². The van der Waals surface area contributed by atoms with Gasteiger partial charge in [0.05, 0.1) is 5.25 Å². The maximum absolute atomic E-state index is 11.8. The van der Waals surface area contributed by atoms with Gasteiger partial charge in [0.25, 0.3) is 0 Å². The molecule has 0 aromatic carbocycles. The zero-order chi connectivity index (χ0) is 15.1. The molecule has 20 heavy (non-hydrogen) atoms. The van der Waals surface area contributed by atoms with Crippen molar-refractivity contribution >= 4 is 23.6 Å². The number of nitrogens with two attached hydrogens (primary N) is 1. The molecule has 2 amide bonds. The molecule has 0 aliphatic rings. The van der Waals surface area contributed by atoms with Crippen molar-refractivity contribution in [2.75, 3.05) is 6.54 Å². The first-order valence-corrected chi connectivity index (χ1v) is 7.44. The van der Waals surface area contributed by atoms with Crippen LogP contribution in [0.4, 0.5) is 0 Å². The van der Waals surface area contributed by atoms with Crippen molar-refractivity contribution < 1.29 is 9.59 Å². The van der Waals surface area contributed by atoms with E-state index in [2.05, 4.69) is 15.5 Å². The van der Waals surface area contributed by atoms with Crippen LogP contribution in [0.5, 0.6) is 0 Å². The van der Waals surface area contributed by atoms with Crippen LogP contribution in [-0.4, -0.2) is 38.4 Å². The molecule has 0 radical (unpaired) electrons. The molecule has 0 spiro atoms. The Morgan fingerprint density at radius 1 is 1.45 bits per heavy atom. The van der Waals surface area contributed by atoms with Crippen molar-refractivity contribution in [3.8, 4) is 0 Å². The molecule has 0 unspecified atom stereocenters. The summed E-state index contributed by atoms with van der Waals surface area (Å²) >= 11 is 1.34. The standard InChI is InChI=1S/C12H21N5O2S/c1-4-7-14-11(19)8(2)20-12-16-15-10(17(12)3)6-5-9(13)18/h8H,4-7H2,1-3H3,(H2,13,18)(H,14,19)/t8-/m1/s1. The highest BCUT2D eigenvalue weighted by Gasteiger charge is 2.18. The van der Waals surface area contributed by atoms with Gasteiger partial charge in [0.2, 0.25) is 11.8 Å². The lowest BCUT2D eigenvalue weighted by atomic mass is 10.3. The molecule has 0 bridgehead atoms. The van der Waals surface area contributed by atoms with Gasteiger partial charge in [-0.25, -0.2) is 0 Å². The normalized spacial score (nSPS) is 12.2. The van der Waals surface area contributed by atoms with Gasteiger partial charge in [-0.15, -0.1) is 10.2 Å². The number of carbonyl (C=O) groups excluding carboxylic acids is 2. The van der Waals surface area contributed by atoms with Gasteiger partial charge in [-0.05, 0) is 13.3 Å². The lowest BCUT2D eigenvalue weighted by Crippen LogP contribution is -2.31. The van der Waals surface area contributed by atoms with E-state index < -0.39 is 0 Å². The lowest BCUT2D eigenvalue weighted by Gasteiger charge is -2.10. The van der Waals surface area contributed by atoms with Gasteiger partial charge in [-0.2, -0.15) is 0 Å². The molecule has 112 valence electrons. The second-order valence-corrected chi connectivity index (χ2v) is 5.78. The predicted octanol–water partition coefficient (Wildman–Crippen LogP) is 0.240. The van der Waals surface area contributed by atoms with Crippen LogP contribution in [0.3, 0.4) is 0 Å². The van der Waals surface area contributed by atoms with Gasteiger partial charge in [-0.1, -0.05) is 18.7 Å². The molecule has 8 heteroatoms. The Labute approximate surface area is 122 Å². The molecule has 3 N–H and O–H groups in total. The van der Waals surface area contributed by atoms with Crippen LogP contribution >= 0.6 is 11.8 Å². The first-order valence-electron chi connectivity index (χ1n) is 6.56. The number of nitrogens with one attached hydrogen (secondary N) is 1. The van der Waals surface area contributed by atoms with Crippen LogP contribution in [0.25, 0.3) is 0 Å². The molecule has 1 aromatic heterocycles. The molecule has 0 fully saturated rings. The summed E-state index contributed by atoms with van der Waals surface area (Å²) < 4.78 is 1.79. The molecule has 0 saturated carbocycles. The van der Waals surface area contributed by atoms with Crippen LogP contribution in [0, 0.1) is 0 Å². The fraction of sp³-hybridized carbons (Fsp3) is 0.667. The molecule has 0 aliphatic heterocycles. The monoisotopic (exact) mass is 299 g/mol. The van der Waals surface area contributed by atoms with E-state index in [-0.39, 0.29) is 23.5 Å². The van der Waals surface area contributed by atoms with E-state index in [1.165, 1.54) is 11.8 Å². The highest BCUT2D eigenvalue weighted by Crippen LogP contribution is 2.21. The highest BCUT2D eigenvalue weighted by molar-refractivity contribution is 8.00. The number of carbonyl (C=O) groups is 2. The number of hydrogen-bond acceptors (Lipinski definition) is 5. The Morgan fingerprint density at radius 3 is 2.75 bits per heavy atom. The Kier molecular flexibility index (Phi) is 6.50. The van der Waals surface area contributed by atoms with Gasteiger partial charge in [-0.3, -0.25) is 9.59 Å². The molecule has 1 rings (SSSR count). The summed E-state index contributed by atoms with van der Waals surface area (Å²) in [5.74, 6) is 0.306. The fourth-order valence-electron chi connectivity index (χ4n) is 1.50. The van der Waals surface area contributed by atoms with Crippen LogP contribution in [0.15, 0.2) is 5.16 Å². The minimum absolute atomic E-state index is 0.0152. The number of thioether (sulfide) groups is 1. The van der Waals surface area contributed by atoms with E-state index in [0.29, 0.717) is 23.9 Å². The second kappa shape index (κ2) is 7.88. The van der Waals surface area contributed by atoms with Crippen molar-refractivity contribution in [2.45, 2.75) is 43.5 Å². The summed E-state index contributed by atoms with van der Waals surface area (Å²) in [6.07, 6.45) is 1.60. The van der Waals surface area contributed by atoms with E-state index in [1.54, 1.807) is 4.57 Å². The minimum Gasteiger partial charge on any atom is -0.370 e. The quantitative estimate of drug-likeness (QED) is 0.669. The van der Waals surface area contributed by atoms with Gasteiger partial charge in [0.1, 0.15) is 5.82 Å². The second-order valence-electron chi connectivity index (χ2n) is 4.48. The smallest absolute Gasteiger partial charge is 0.233 e. The third-order valence-electron chi connectivity index (χ3n) is 2.72. The molecule has 7 nitrogen and oxygen atoms in total. The number of aryl methyl sites for hydroxylation is 1. The molecule has 1 heterocycles. The first kappa shape index (κ1) is 16.5. The fourth-order valence-corrected chi connectivity index (χ4v) is 2.36. The van der Waals surface area contributed by atoms with Gasteiger partial charge < -0.3 is 15.6 Å². The van der Waals surface area contributed by atoms with Gasteiger partial charge >= 0.3 is 0 Å². The Morgan fingerprint density at radius 2 is 2.15 bits per heavy atom. The summed E-state index contributed by atoms with van der Waals surface area (Å²) in [6, 6.07) is 0. The Hall–Kier alpha value is -1.57. The van der Waals surface area contributed by atoms with Crippen molar-refractivity contribution in [1.82, 2.24) is 20.1 Å². The summed E-state index contributed by atoms with van der Waals surface area (Å²) in [5.41, 5.74) is 5.11. The minimum atomic E-state index is -0.366. The number of nitrogens with zero attached hydrogens (tertiary/aromatic N) is 3. The molecular formula is C12H21N5O2S. The number of rotatable bonds is 8. The largest absolute Gasteiger partial charge is 0.370 e. The van der Waals surface area contributed by atoms with Crippen molar-refractivity contribution in [2.24, 2.45) is 12.8 Å². The topological polar surface area (TPSA) is 103 Å². The Bertz CT molecular complexity index is 474. The summed E-state index contributed by atoms with van der Waals surface area (Å²) in [5, 5.41) is 11.3.